The molecule has 3 aromatic rings. The van der Waals surface area contributed by atoms with Gasteiger partial charge >= 0.3 is 0 Å². The number of hydrogen-bond donors (Lipinski definition) is 1. The van der Waals surface area contributed by atoms with Crippen molar-refractivity contribution in [3.05, 3.63) is 36.7 Å². The topological polar surface area (TPSA) is 90.2 Å². The van der Waals surface area contributed by atoms with Crippen LogP contribution >= 0.6 is 24.0 Å². The van der Waals surface area contributed by atoms with Gasteiger partial charge in [-0.05, 0) is 6.92 Å². The number of anilines is 3. The minimum atomic E-state index is -2.86. The van der Waals surface area contributed by atoms with Crippen molar-refractivity contribution < 1.29 is 19.7 Å². The van der Waals surface area contributed by atoms with Crippen LogP contribution in [0.25, 0.3) is 5.82 Å². The summed E-state index contributed by atoms with van der Waals surface area (Å²) in [4.78, 5) is 18.7. The number of ether oxygens (including phenoxy) is 2. The number of aryl methyl sites for hydroxylation is 1. The van der Waals surface area contributed by atoms with E-state index < -0.39 is 12.5 Å². The lowest BCUT2D eigenvalue weighted by atomic mass is 10.3. The van der Waals surface area contributed by atoms with E-state index in [0.717, 1.165) is 12.6 Å². The van der Waals surface area contributed by atoms with E-state index in [-0.39, 0.29) is 31.4 Å². The lowest BCUT2D eigenvalue weighted by molar-refractivity contribution is 0.0284. The van der Waals surface area contributed by atoms with Crippen LogP contribution in [0.1, 0.15) is 14.0 Å². The second-order valence-electron chi connectivity index (χ2n) is 7.02. The third-order valence-electron chi connectivity index (χ3n) is 4.39. The summed E-state index contributed by atoms with van der Waals surface area (Å²) >= 11 is 0. The maximum Gasteiger partial charge on any atom is 0.262 e. The molecule has 0 unspecified atom stereocenters. The molecule has 0 saturated carbocycles. The Morgan fingerprint density at radius 2 is 2.06 bits per heavy atom. The van der Waals surface area contributed by atoms with Gasteiger partial charge in [-0.3, -0.25) is 4.57 Å². The maximum absolute atomic E-state index is 13.5. The number of rotatable bonds is 6. The summed E-state index contributed by atoms with van der Waals surface area (Å²) in [5.74, 6) is -0.820. The molecule has 3 aromatic heterocycles. The second-order valence-corrected chi connectivity index (χ2v) is 7.02. The largest absolute Gasteiger partial charge is 0.493 e. The predicted molar refractivity (Wildman–Crippen MR) is 124 cm³/mol. The summed E-state index contributed by atoms with van der Waals surface area (Å²) < 4.78 is 39.8. The summed E-state index contributed by atoms with van der Waals surface area (Å²) in [6.07, 6.45) is 6.56. The van der Waals surface area contributed by atoms with Crippen molar-refractivity contribution in [2.75, 3.05) is 37.0 Å². The fourth-order valence-electron chi connectivity index (χ4n) is 3.13. The van der Waals surface area contributed by atoms with E-state index in [0.29, 0.717) is 42.0 Å². The number of nitrogens with zero attached hydrogens (tertiary/aromatic N) is 6. The second kappa shape index (κ2) is 9.16. The quantitative estimate of drug-likeness (QED) is 0.466. The first-order valence-corrected chi connectivity index (χ1v) is 9.27. The van der Waals surface area contributed by atoms with E-state index in [1.165, 1.54) is 11.1 Å². The lowest BCUT2D eigenvalue weighted by Gasteiger charge is -2.31. The molecule has 0 aliphatic carbocycles. The van der Waals surface area contributed by atoms with Gasteiger partial charge in [0.1, 0.15) is 12.9 Å². The Balaban J connectivity index is 0.00000181. The highest BCUT2D eigenvalue weighted by molar-refractivity contribution is 14.0. The highest BCUT2D eigenvalue weighted by Gasteiger charge is 2.30. The zero-order chi connectivity index (χ0) is 21.3. The summed E-state index contributed by atoms with van der Waals surface area (Å²) in [7, 11) is 1.55. The van der Waals surface area contributed by atoms with Gasteiger partial charge in [-0.1, -0.05) is 0 Å². The van der Waals surface area contributed by atoms with Crippen molar-refractivity contribution in [3.63, 3.8) is 0 Å². The van der Waals surface area contributed by atoms with Crippen molar-refractivity contribution in [2.24, 2.45) is 0 Å². The Bertz CT molecular complexity index is 1060. The SMILES string of the molecule is COc1cc(Nc2ncc3c(n2)N(CC(C)(F)F)CCO3)cnc1-n1cnc(C)c1.I.[HH]. The van der Waals surface area contributed by atoms with E-state index in [9.17, 15) is 8.78 Å². The number of alkyl halides is 2. The monoisotopic (exact) mass is 547 g/mol. The molecule has 1 aliphatic heterocycles. The summed E-state index contributed by atoms with van der Waals surface area (Å²) in [5.41, 5.74) is 1.43. The molecule has 1 aliphatic rings. The van der Waals surface area contributed by atoms with Crippen molar-refractivity contribution in [3.8, 4) is 17.3 Å². The van der Waals surface area contributed by atoms with Crippen molar-refractivity contribution in [1.29, 1.82) is 0 Å². The molecule has 0 fully saturated rings. The fraction of sp³-hybridized carbons (Fsp3) is 0.368. The number of aromatic nitrogens is 5. The van der Waals surface area contributed by atoms with Gasteiger partial charge in [-0.15, -0.1) is 24.0 Å². The van der Waals surface area contributed by atoms with Gasteiger partial charge in [0.15, 0.2) is 23.1 Å². The Morgan fingerprint density at radius 1 is 1.26 bits per heavy atom. The van der Waals surface area contributed by atoms with Crippen LogP contribution < -0.4 is 19.7 Å². The fourth-order valence-corrected chi connectivity index (χ4v) is 3.13. The average Bonchev–Trinajstić information content (AvgIpc) is 3.13. The Hall–Kier alpha value is -2.77. The average molecular weight is 547 g/mol. The van der Waals surface area contributed by atoms with Crippen LogP contribution in [0, 0.1) is 6.92 Å². The van der Waals surface area contributed by atoms with Gasteiger partial charge in [0.2, 0.25) is 5.95 Å². The molecule has 4 heterocycles. The lowest BCUT2D eigenvalue weighted by Crippen LogP contribution is -2.40. The van der Waals surface area contributed by atoms with E-state index in [2.05, 4.69) is 25.3 Å². The highest BCUT2D eigenvalue weighted by atomic mass is 127. The Morgan fingerprint density at radius 3 is 2.74 bits per heavy atom. The number of halogens is 3. The van der Waals surface area contributed by atoms with Crippen molar-refractivity contribution in [1.82, 2.24) is 24.5 Å². The molecule has 12 heteroatoms. The molecular weight excluding hydrogens is 523 g/mol. The van der Waals surface area contributed by atoms with Gasteiger partial charge in [0.05, 0.1) is 44.0 Å². The number of nitrogens with one attached hydrogen (secondary N) is 1. The molecule has 4 rings (SSSR count). The van der Waals surface area contributed by atoms with Crippen LogP contribution in [0.4, 0.5) is 26.2 Å². The van der Waals surface area contributed by atoms with E-state index in [1.54, 1.807) is 30.3 Å². The number of fused-ring (bicyclic) bond motifs is 1. The first kappa shape index (κ1) is 22.9. The molecule has 168 valence electrons. The maximum atomic E-state index is 13.5. The van der Waals surface area contributed by atoms with Crippen molar-refractivity contribution >= 4 is 41.4 Å². The standard InChI is InChI=1S/C19H21F2N7O2.HI.H2/c1-12-9-28(11-24-12)16-14(29-3)6-13(7-22-16)25-18-23-8-15-17(26-18)27(4-5-30-15)10-19(2,20)21;;/h6-9,11H,4-5,10H2,1-3H3,(H,23,25,26);2*1H. The molecular formula is C19H24F2IN7O2. The molecule has 0 spiro atoms. The Kier molecular flexibility index (Phi) is 6.77. The van der Waals surface area contributed by atoms with Gasteiger partial charge in [-0.25, -0.2) is 23.7 Å². The minimum Gasteiger partial charge on any atom is -0.493 e. The zero-order valence-electron chi connectivity index (χ0n) is 17.2. The third-order valence-corrected chi connectivity index (χ3v) is 4.39. The normalized spacial score (nSPS) is 13.1. The van der Waals surface area contributed by atoms with E-state index in [4.69, 9.17) is 9.47 Å². The van der Waals surface area contributed by atoms with Crippen LogP contribution in [-0.4, -0.2) is 57.2 Å². The molecule has 0 amide bonds. The highest BCUT2D eigenvalue weighted by Crippen LogP contribution is 2.32. The van der Waals surface area contributed by atoms with Gasteiger partial charge in [0, 0.05) is 20.6 Å². The third kappa shape index (κ3) is 5.29. The predicted octanol–water partition coefficient (Wildman–Crippen LogP) is 3.84. The summed E-state index contributed by atoms with van der Waals surface area (Å²) in [6, 6.07) is 1.74. The first-order valence-electron chi connectivity index (χ1n) is 9.27. The van der Waals surface area contributed by atoms with Crippen LogP contribution in [0.15, 0.2) is 31.0 Å². The number of hydrogen-bond acceptors (Lipinski definition) is 8. The van der Waals surface area contributed by atoms with Crippen LogP contribution in [0.5, 0.6) is 11.5 Å². The molecule has 1 N–H and O–H groups in total. The van der Waals surface area contributed by atoms with Crippen LogP contribution in [0.2, 0.25) is 0 Å². The Labute approximate surface area is 196 Å². The van der Waals surface area contributed by atoms with Gasteiger partial charge < -0.3 is 19.7 Å². The molecule has 0 aromatic carbocycles. The number of pyridine rings is 1. The van der Waals surface area contributed by atoms with Crippen LogP contribution in [0.3, 0.4) is 0 Å². The van der Waals surface area contributed by atoms with E-state index in [1.807, 2.05) is 13.1 Å². The number of methoxy groups -OCH3 is 1. The van der Waals surface area contributed by atoms with E-state index >= 15 is 0 Å². The molecule has 0 radical (unpaired) electrons. The molecule has 9 nitrogen and oxygen atoms in total. The van der Waals surface area contributed by atoms with Gasteiger partial charge in [0.25, 0.3) is 5.92 Å². The zero-order valence-corrected chi connectivity index (χ0v) is 19.5. The number of imidazole rings is 1. The molecule has 0 atom stereocenters. The summed E-state index contributed by atoms with van der Waals surface area (Å²) in [5, 5.41) is 3.04. The molecule has 0 bridgehead atoms. The van der Waals surface area contributed by atoms with Crippen LogP contribution in [-0.2, 0) is 0 Å². The molecule has 31 heavy (non-hydrogen) atoms. The minimum absolute atomic E-state index is 0. The molecule has 0 saturated heterocycles. The van der Waals surface area contributed by atoms with Crippen molar-refractivity contribution in [2.45, 2.75) is 19.8 Å². The smallest absolute Gasteiger partial charge is 0.262 e. The first-order chi connectivity index (χ1) is 14.3. The summed E-state index contributed by atoms with van der Waals surface area (Å²) in [6.45, 7) is 2.93. The van der Waals surface area contributed by atoms with Gasteiger partial charge in [-0.2, -0.15) is 4.98 Å².